The van der Waals surface area contributed by atoms with Crippen LogP contribution in [0.15, 0.2) is 89.8 Å². The maximum atomic E-state index is 13.1. The van der Waals surface area contributed by atoms with Crippen molar-refractivity contribution in [3.05, 3.63) is 96.1 Å². The Labute approximate surface area is 196 Å². The first-order chi connectivity index (χ1) is 16.3. The van der Waals surface area contributed by atoms with E-state index in [-0.39, 0.29) is 28.6 Å². The van der Waals surface area contributed by atoms with Crippen LogP contribution in [-0.4, -0.2) is 37.0 Å². The number of hydrogen-bond donors (Lipinski definition) is 2. The molecular weight excluding hydrogens is 456 g/mol. The molecule has 34 heavy (non-hydrogen) atoms. The van der Waals surface area contributed by atoms with Crippen LogP contribution in [0.3, 0.4) is 0 Å². The van der Waals surface area contributed by atoms with Gasteiger partial charge in [-0.05, 0) is 29.8 Å². The van der Waals surface area contributed by atoms with E-state index in [2.05, 4.69) is 0 Å². The van der Waals surface area contributed by atoms with Gasteiger partial charge in [-0.3, -0.25) is 0 Å². The molecule has 2 N–H and O–H groups in total. The normalized spacial score (nSPS) is 11.3. The molecule has 174 valence electrons. The molecule has 8 heteroatoms. The van der Waals surface area contributed by atoms with Gasteiger partial charge in [0.25, 0.3) is 0 Å². The van der Waals surface area contributed by atoms with Crippen LogP contribution in [0.2, 0.25) is 0 Å². The lowest BCUT2D eigenvalue weighted by atomic mass is 10.1. The van der Waals surface area contributed by atoms with Crippen molar-refractivity contribution in [2.45, 2.75) is 11.5 Å². The van der Waals surface area contributed by atoms with Crippen molar-refractivity contribution in [2.75, 3.05) is 12.4 Å². The Morgan fingerprint density at radius 2 is 1.53 bits per heavy atom. The first-order valence-electron chi connectivity index (χ1n) is 10.5. The Bertz CT molecular complexity index is 1430. The SMILES string of the molecule is O=C(O)c1ccc(OCCS(=O)(=O)c2ccc(OCc3ccccc3)c3ccccc23)cc1O. The average molecular weight is 479 g/mol. The van der Waals surface area contributed by atoms with Crippen molar-refractivity contribution in [2.24, 2.45) is 0 Å². The second-order valence-corrected chi connectivity index (χ2v) is 9.61. The number of fused-ring (bicyclic) bond motifs is 1. The van der Waals surface area contributed by atoms with Crippen LogP contribution in [0.25, 0.3) is 10.8 Å². The number of carboxylic acid groups (broad SMARTS) is 1. The van der Waals surface area contributed by atoms with Crippen molar-refractivity contribution in [3.8, 4) is 17.2 Å². The second-order valence-electron chi connectivity index (χ2n) is 7.53. The summed E-state index contributed by atoms with van der Waals surface area (Å²) in [4.78, 5) is 11.2. The van der Waals surface area contributed by atoms with Gasteiger partial charge < -0.3 is 19.7 Å². The molecule has 0 radical (unpaired) electrons. The maximum Gasteiger partial charge on any atom is 0.339 e. The van der Waals surface area contributed by atoms with Crippen LogP contribution < -0.4 is 9.47 Å². The number of ether oxygens (including phenoxy) is 2. The summed E-state index contributed by atoms with van der Waals surface area (Å²) in [6.07, 6.45) is 0. The molecule has 4 rings (SSSR count). The third-order valence-corrected chi connectivity index (χ3v) is 6.97. The molecule has 0 amide bonds. The lowest BCUT2D eigenvalue weighted by Crippen LogP contribution is -2.15. The zero-order chi connectivity index (χ0) is 24.1. The number of carboxylic acids is 1. The van der Waals surface area contributed by atoms with Gasteiger partial charge in [-0.15, -0.1) is 0 Å². The van der Waals surface area contributed by atoms with E-state index < -0.39 is 21.6 Å². The highest BCUT2D eigenvalue weighted by Gasteiger charge is 2.20. The summed E-state index contributed by atoms with van der Waals surface area (Å²) < 4.78 is 37.6. The van der Waals surface area contributed by atoms with Crippen LogP contribution >= 0.6 is 0 Å². The first kappa shape index (κ1) is 23.1. The Morgan fingerprint density at radius 1 is 0.824 bits per heavy atom. The molecule has 4 aromatic carbocycles. The zero-order valence-electron chi connectivity index (χ0n) is 18.0. The number of aromatic hydroxyl groups is 1. The lowest BCUT2D eigenvalue weighted by Gasteiger charge is -2.14. The molecule has 0 fully saturated rings. The van der Waals surface area contributed by atoms with Gasteiger partial charge >= 0.3 is 5.97 Å². The fourth-order valence-corrected chi connectivity index (χ4v) is 4.85. The Balaban J connectivity index is 1.51. The Kier molecular flexibility index (Phi) is 6.70. The largest absolute Gasteiger partial charge is 0.507 e. The van der Waals surface area contributed by atoms with Crippen LogP contribution in [-0.2, 0) is 16.4 Å². The summed E-state index contributed by atoms with van der Waals surface area (Å²) in [5.41, 5.74) is 0.740. The number of carbonyl (C=O) groups is 1. The number of benzene rings is 4. The van der Waals surface area contributed by atoms with Gasteiger partial charge in [0.2, 0.25) is 0 Å². The number of phenols is 1. The summed E-state index contributed by atoms with van der Waals surface area (Å²) in [6, 6.07) is 23.7. The summed E-state index contributed by atoms with van der Waals surface area (Å²) in [7, 11) is -3.71. The topological polar surface area (TPSA) is 110 Å². The average Bonchev–Trinajstić information content (AvgIpc) is 2.82. The van der Waals surface area contributed by atoms with E-state index in [9.17, 15) is 18.3 Å². The molecule has 0 aliphatic carbocycles. The third-order valence-electron chi connectivity index (χ3n) is 5.24. The summed E-state index contributed by atoms with van der Waals surface area (Å²) >= 11 is 0. The molecule has 0 unspecified atom stereocenters. The van der Waals surface area contributed by atoms with E-state index in [4.69, 9.17) is 14.6 Å². The Hall–Kier alpha value is -4.04. The highest BCUT2D eigenvalue weighted by atomic mass is 32.2. The first-order valence-corrected chi connectivity index (χ1v) is 12.1. The minimum absolute atomic E-state index is 0.169. The van der Waals surface area contributed by atoms with E-state index in [0.717, 1.165) is 11.6 Å². The van der Waals surface area contributed by atoms with Gasteiger partial charge in [-0.1, -0.05) is 54.6 Å². The molecule has 0 saturated heterocycles. The van der Waals surface area contributed by atoms with Gasteiger partial charge in [-0.2, -0.15) is 0 Å². The number of hydrogen-bond acceptors (Lipinski definition) is 6. The molecule has 0 saturated carbocycles. The summed E-state index contributed by atoms with van der Waals surface area (Å²) in [5, 5.41) is 20.0. The van der Waals surface area contributed by atoms with Crippen LogP contribution in [0.4, 0.5) is 0 Å². The Morgan fingerprint density at radius 3 is 2.24 bits per heavy atom. The number of rotatable bonds is 9. The molecule has 0 aliphatic heterocycles. The zero-order valence-corrected chi connectivity index (χ0v) is 18.9. The van der Waals surface area contributed by atoms with Gasteiger partial charge in [0.1, 0.15) is 36.0 Å². The van der Waals surface area contributed by atoms with Crippen LogP contribution in [0, 0.1) is 0 Å². The van der Waals surface area contributed by atoms with E-state index in [0.29, 0.717) is 23.1 Å². The van der Waals surface area contributed by atoms with E-state index in [1.54, 1.807) is 18.2 Å². The predicted molar refractivity (Wildman–Crippen MR) is 127 cm³/mol. The standard InChI is InChI=1S/C26H22O7S/c27-23-16-19(10-11-22(23)26(28)29)32-14-15-34(30,31)25-13-12-24(20-8-4-5-9-21(20)25)33-17-18-6-2-1-3-7-18/h1-13,16,27H,14-15,17H2,(H,28,29). The van der Waals surface area contributed by atoms with Crippen LogP contribution in [0.5, 0.6) is 17.2 Å². The number of sulfone groups is 1. The lowest BCUT2D eigenvalue weighted by molar-refractivity contribution is 0.0693. The molecule has 0 heterocycles. The minimum Gasteiger partial charge on any atom is -0.507 e. The fraction of sp³-hybridized carbons (Fsp3) is 0.115. The molecular formula is C26H22O7S. The smallest absolute Gasteiger partial charge is 0.339 e. The quantitative estimate of drug-likeness (QED) is 0.360. The van der Waals surface area contributed by atoms with Crippen molar-refractivity contribution in [1.82, 2.24) is 0 Å². The van der Waals surface area contributed by atoms with Crippen molar-refractivity contribution in [3.63, 3.8) is 0 Å². The van der Waals surface area contributed by atoms with Gasteiger partial charge in [0.15, 0.2) is 9.84 Å². The van der Waals surface area contributed by atoms with E-state index in [1.807, 2.05) is 42.5 Å². The second kappa shape index (κ2) is 9.84. The molecule has 0 bridgehead atoms. The third kappa shape index (κ3) is 5.13. The van der Waals surface area contributed by atoms with Crippen molar-refractivity contribution >= 4 is 26.6 Å². The highest BCUT2D eigenvalue weighted by molar-refractivity contribution is 7.91. The fourth-order valence-electron chi connectivity index (χ4n) is 3.54. The summed E-state index contributed by atoms with van der Waals surface area (Å²) in [5.74, 6) is -1.27. The van der Waals surface area contributed by atoms with Crippen LogP contribution in [0.1, 0.15) is 15.9 Å². The predicted octanol–water partition coefficient (Wildman–Crippen LogP) is 4.68. The molecule has 0 atom stereocenters. The van der Waals surface area contributed by atoms with Gasteiger partial charge in [-0.25, -0.2) is 13.2 Å². The maximum absolute atomic E-state index is 13.1. The molecule has 0 aliphatic rings. The molecule has 7 nitrogen and oxygen atoms in total. The van der Waals surface area contributed by atoms with Crippen molar-refractivity contribution in [1.29, 1.82) is 0 Å². The number of aromatic carboxylic acids is 1. The van der Waals surface area contributed by atoms with Crippen molar-refractivity contribution < 1.29 is 32.9 Å². The van der Waals surface area contributed by atoms with E-state index in [1.165, 1.54) is 18.2 Å². The summed E-state index contributed by atoms with van der Waals surface area (Å²) in [6.45, 7) is 0.188. The highest BCUT2D eigenvalue weighted by Crippen LogP contribution is 2.32. The van der Waals surface area contributed by atoms with Gasteiger partial charge in [0, 0.05) is 16.8 Å². The minimum atomic E-state index is -3.71. The molecule has 4 aromatic rings. The molecule has 0 spiro atoms. The van der Waals surface area contributed by atoms with E-state index >= 15 is 0 Å². The molecule has 0 aromatic heterocycles. The van der Waals surface area contributed by atoms with Gasteiger partial charge in [0.05, 0.1) is 10.6 Å². The monoisotopic (exact) mass is 478 g/mol.